The molecule has 1 heterocycles. The molecule has 0 saturated carbocycles. The molecule has 1 fully saturated rings. The molecular weight excluding hydrogens is 307 g/mol. The van der Waals surface area contributed by atoms with Crippen LogP contribution in [0, 0.1) is 0 Å². The summed E-state index contributed by atoms with van der Waals surface area (Å²) < 4.78 is 0. The van der Waals surface area contributed by atoms with Crippen molar-refractivity contribution in [2.24, 2.45) is 0 Å². The Balaban J connectivity index is 0.00000180. The number of halogens is 3. The van der Waals surface area contributed by atoms with Crippen molar-refractivity contribution in [2.75, 3.05) is 18.0 Å². The molecule has 1 aliphatic heterocycles. The number of amides is 1. The summed E-state index contributed by atoms with van der Waals surface area (Å²) in [5.41, 5.74) is 0.816. The Kier molecular flexibility index (Phi) is 6.40. The smallest absolute Gasteiger partial charge is 0.244 e. The third-order valence-corrected chi connectivity index (χ3v) is 3.88. The average Bonchev–Trinajstić information content (AvgIpc) is 2.54. The fourth-order valence-corrected chi connectivity index (χ4v) is 2.42. The van der Waals surface area contributed by atoms with E-state index in [1.165, 1.54) is 0 Å². The first kappa shape index (κ1) is 16.6. The van der Waals surface area contributed by atoms with E-state index in [4.69, 9.17) is 23.2 Å². The molecule has 106 valence electrons. The maximum Gasteiger partial charge on any atom is 0.244 e. The van der Waals surface area contributed by atoms with Gasteiger partial charge in [-0.1, -0.05) is 30.1 Å². The molecule has 2 rings (SSSR count). The van der Waals surface area contributed by atoms with Crippen LogP contribution in [0.4, 0.5) is 5.69 Å². The summed E-state index contributed by atoms with van der Waals surface area (Å²) in [6.07, 6.45) is 1.72. The highest BCUT2D eigenvalue weighted by molar-refractivity contribution is 6.42. The second kappa shape index (κ2) is 7.34. The Morgan fingerprint density at radius 3 is 2.74 bits per heavy atom. The van der Waals surface area contributed by atoms with Crippen molar-refractivity contribution in [1.82, 2.24) is 5.32 Å². The number of benzene rings is 1. The van der Waals surface area contributed by atoms with Gasteiger partial charge in [-0.25, -0.2) is 0 Å². The molecule has 6 heteroatoms. The van der Waals surface area contributed by atoms with Crippen molar-refractivity contribution < 1.29 is 4.79 Å². The zero-order valence-electron chi connectivity index (χ0n) is 10.7. The number of nitrogens with one attached hydrogen (secondary N) is 1. The van der Waals surface area contributed by atoms with Crippen molar-refractivity contribution in [1.29, 1.82) is 0 Å². The number of carbonyl (C=O) groups excluding carboxylic acids is 1. The lowest BCUT2D eigenvalue weighted by Crippen LogP contribution is -2.43. The molecule has 1 unspecified atom stereocenters. The molecule has 1 aliphatic rings. The number of hydrogen-bond donors (Lipinski definition) is 1. The highest BCUT2D eigenvalue weighted by atomic mass is 35.5. The fraction of sp³-hybridized carbons (Fsp3) is 0.462. The van der Waals surface area contributed by atoms with Crippen molar-refractivity contribution in [2.45, 2.75) is 25.8 Å². The second-order valence-corrected chi connectivity index (χ2v) is 5.17. The number of rotatable bonds is 2. The molecule has 0 aliphatic carbocycles. The minimum atomic E-state index is -0.109. The quantitative estimate of drug-likeness (QED) is 0.903. The van der Waals surface area contributed by atoms with E-state index in [-0.39, 0.29) is 24.4 Å². The molecule has 0 spiro atoms. The minimum absolute atomic E-state index is 0. The SMILES string of the molecule is CCC1NCCCN(c2ccc(Cl)c(Cl)c2)C1=O.Cl. The Morgan fingerprint density at radius 2 is 2.11 bits per heavy atom. The fourth-order valence-electron chi connectivity index (χ4n) is 2.13. The zero-order valence-corrected chi connectivity index (χ0v) is 13.0. The maximum absolute atomic E-state index is 12.4. The normalized spacial score (nSPS) is 19.8. The van der Waals surface area contributed by atoms with Crippen LogP contribution in [0.1, 0.15) is 19.8 Å². The lowest BCUT2D eigenvalue weighted by molar-refractivity contribution is -0.120. The largest absolute Gasteiger partial charge is 0.311 e. The summed E-state index contributed by atoms with van der Waals surface area (Å²) >= 11 is 11.9. The van der Waals surface area contributed by atoms with E-state index in [9.17, 15) is 4.79 Å². The lowest BCUT2D eigenvalue weighted by Gasteiger charge is -2.24. The number of anilines is 1. The van der Waals surface area contributed by atoms with Gasteiger partial charge in [0, 0.05) is 12.2 Å². The summed E-state index contributed by atoms with van der Waals surface area (Å²) in [7, 11) is 0. The van der Waals surface area contributed by atoms with Crippen LogP contribution in [0.5, 0.6) is 0 Å². The van der Waals surface area contributed by atoms with Crippen LogP contribution in [-0.2, 0) is 4.79 Å². The monoisotopic (exact) mass is 322 g/mol. The minimum Gasteiger partial charge on any atom is -0.311 e. The average molecular weight is 324 g/mol. The summed E-state index contributed by atoms with van der Waals surface area (Å²) in [5, 5.41) is 4.24. The molecule has 1 atom stereocenters. The van der Waals surface area contributed by atoms with Crippen LogP contribution in [-0.4, -0.2) is 25.0 Å². The summed E-state index contributed by atoms with van der Waals surface area (Å²) in [6, 6.07) is 5.21. The summed E-state index contributed by atoms with van der Waals surface area (Å²) in [5.74, 6) is 0.105. The van der Waals surface area contributed by atoms with Gasteiger partial charge in [-0.15, -0.1) is 12.4 Å². The van der Waals surface area contributed by atoms with Crippen LogP contribution >= 0.6 is 35.6 Å². The van der Waals surface area contributed by atoms with Crippen LogP contribution in [0.15, 0.2) is 18.2 Å². The van der Waals surface area contributed by atoms with Gasteiger partial charge in [0.05, 0.1) is 16.1 Å². The van der Waals surface area contributed by atoms with Gasteiger partial charge in [0.25, 0.3) is 0 Å². The first-order valence-electron chi connectivity index (χ1n) is 6.13. The van der Waals surface area contributed by atoms with Crippen LogP contribution < -0.4 is 10.2 Å². The number of hydrogen-bond acceptors (Lipinski definition) is 2. The van der Waals surface area contributed by atoms with Crippen molar-refractivity contribution in [3.8, 4) is 0 Å². The standard InChI is InChI=1S/C13H16Cl2N2O.ClH/c1-2-12-13(18)17(7-3-6-16-12)9-4-5-10(14)11(15)8-9;/h4-5,8,12,16H,2-3,6-7H2,1H3;1H. The molecular formula is C13H17Cl3N2O. The molecule has 1 saturated heterocycles. The third-order valence-electron chi connectivity index (χ3n) is 3.14. The summed E-state index contributed by atoms with van der Waals surface area (Å²) in [6.45, 7) is 3.58. The van der Waals surface area contributed by atoms with Crippen molar-refractivity contribution in [3.05, 3.63) is 28.2 Å². The Bertz CT molecular complexity index is 454. The molecule has 0 aromatic heterocycles. The van der Waals surface area contributed by atoms with E-state index >= 15 is 0 Å². The topological polar surface area (TPSA) is 32.3 Å². The van der Waals surface area contributed by atoms with Gasteiger partial charge in [0.1, 0.15) is 0 Å². The molecule has 1 amide bonds. The maximum atomic E-state index is 12.4. The van der Waals surface area contributed by atoms with Gasteiger partial charge in [-0.2, -0.15) is 0 Å². The lowest BCUT2D eigenvalue weighted by atomic mass is 10.2. The first-order valence-corrected chi connectivity index (χ1v) is 6.89. The first-order chi connectivity index (χ1) is 8.63. The van der Waals surface area contributed by atoms with Crippen molar-refractivity contribution in [3.63, 3.8) is 0 Å². The third kappa shape index (κ3) is 3.76. The highest BCUT2D eigenvalue weighted by Crippen LogP contribution is 2.28. The molecule has 1 N–H and O–H groups in total. The van der Waals surface area contributed by atoms with Crippen molar-refractivity contribution >= 4 is 47.2 Å². The Labute approximate surface area is 129 Å². The predicted octanol–water partition coefficient (Wildman–Crippen LogP) is 3.52. The zero-order chi connectivity index (χ0) is 13.1. The van der Waals surface area contributed by atoms with Crippen LogP contribution in [0.2, 0.25) is 10.0 Å². The van der Waals surface area contributed by atoms with E-state index in [0.29, 0.717) is 16.6 Å². The second-order valence-electron chi connectivity index (χ2n) is 4.36. The van der Waals surface area contributed by atoms with Gasteiger partial charge in [0.15, 0.2) is 0 Å². The van der Waals surface area contributed by atoms with E-state index in [0.717, 1.165) is 25.1 Å². The molecule has 3 nitrogen and oxygen atoms in total. The Hall–Kier alpha value is -0.480. The van der Waals surface area contributed by atoms with E-state index < -0.39 is 0 Å². The highest BCUT2D eigenvalue weighted by Gasteiger charge is 2.26. The molecule has 1 aromatic carbocycles. The molecule has 0 radical (unpaired) electrons. The Morgan fingerprint density at radius 1 is 1.37 bits per heavy atom. The van der Waals surface area contributed by atoms with E-state index in [1.54, 1.807) is 17.0 Å². The summed E-state index contributed by atoms with van der Waals surface area (Å²) in [4.78, 5) is 14.1. The van der Waals surface area contributed by atoms with Gasteiger partial charge in [-0.05, 0) is 37.6 Å². The molecule has 1 aromatic rings. The molecule has 0 bridgehead atoms. The number of carbonyl (C=O) groups is 1. The van der Waals surface area contributed by atoms with Gasteiger partial charge in [0.2, 0.25) is 5.91 Å². The van der Waals surface area contributed by atoms with E-state index in [2.05, 4.69) is 5.32 Å². The van der Waals surface area contributed by atoms with E-state index in [1.807, 2.05) is 13.0 Å². The van der Waals surface area contributed by atoms with Gasteiger partial charge in [-0.3, -0.25) is 4.79 Å². The molecule has 19 heavy (non-hydrogen) atoms. The number of nitrogens with zero attached hydrogens (tertiary/aromatic N) is 1. The van der Waals surface area contributed by atoms with Crippen LogP contribution in [0.25, 0.3) is 0 Å². The van der Waals surface area contributed by atoms with Crippen LogP contribution in [0.3, 0.4) is 0 Å². The predicted molar refractivity (Wildman–Crippen MR) is 82.8 cm³/mol. The van der Waals surface area contributed by atoms with Gasteiger partial charge >= 0.3 is 0 Å². The van der Waals surface area contributed by atoms with Gasteiger partial charge < -0.3 is 10.2 Å².